The van der Waals surface area contributed by atoms with Gasteiger partial charge in [0.25, 0.3) is 0 Å². The van der Waals surface area contributed by atoms with Crippen LogP contribution in [0.15, 0.2) is 6.58 Å². The fourth-order valence-electron chi connectivity index (χ4n) is 2.03. The molecule has 0 saturated heterocycles. The number of aromatic nitrogens is 2. The van der Waals surface area contributed by atoms with Gasteiger partial charge < -0.3 is 15.0 Å². The molecule has 1 aliphatic heterocycles. The maximum atomic E-state index is 5.70. The molecule has 2 N–H and O–H groups in total. The summed E-state index contributed by atoms with van der Waals surface area (Å²) in [5.74, 6) is 0.938. The third kappa shape index (κ3) is 1.45. The van der Waals surface area contributed by atoms with Crippen LogP contribution in [0.3, 0.4) is 0 Å². The van der Waals surface area contributed by atoms with Crippen LogP contribution in [-0.2, 0) is 16.9 Å². The summed E-state index contributed by atoms with van der Waals surface area (Å²) in [4.78, 5) is 4.52. The Morgan fingerprint density at radius 1 is 1.60 bits per heavy atom. The van der Waals surface area contributed by atoms with E-state index in [4.69, 9.17) is 10.5 Å². The molecule has 0 atom stereocenters. The van der Waals surface area contributed by atoms with Crippen molar-refractivity contribution in [3.05, 3.63) is 23.8 Å². The molecule has 0 amide bonds. The van der Waals surface area contributed by atoms with Crippen molar-refractivity contribution in [1.29, 1.82) is 0 Å². The van der Waals surface area contributed by atoms with Gasteiger partial charge in [0, 0.05) is 12.2 Å². The van der Waals surface area contributed by atoms with E-state index in [1.807, 2.05) is 20.8 Å². The van der Waals surface area contributed by atoms with E-state index in [1.54, 1.807) is 0 Å². The molecular formula is C11H17N3O. The van der Waals surface area contributed by atoms with Gasteiger partial charge in [-0.3, -0.25) is 0 Å². The number of ether oxygens (including phenoxy) is 1. The molecule has 1 aromatic heterocycles. The molecule has 0 bridgehead atoms. The van der Waals surface area contributed by atoms with Crippen molar-refractivity contribution in [2.24, 2.45) is 5.73 Å². The molecule has 1 aliphatic rings. The molecule has 2 heterocycles. The molecule has 15 heavy (non-hydrogen) atoms. The summed E-state index contributed by atoms with van der Waals surface area (Å²) < 4.78 is 7.85. The van der Waals surface area contributed by atoms with Gasteiger partial charge in [0.05, 0.1) is 12.3 Å². The van der Waals surface area contributed by atoms with E-state index < -0.39 is 0 Å². The Hall–Kier alpha value is -1.29. The Balaban J connectivity index is 2.60. The van der Waals surface area contributed by atoms with Crippen LogP contribution >= 0.6 is 0 Å². The first-order valence-electron chi connectivity index (χ1n) is 5.10. The molecule has 0 unspecified atom stereocenters. The Morgan fingerprint density at radius 2 is 2.27 bits per heavy atom. The monoisotopic (exact) mass is 207 g/mol. The van der Waals surface area contributed by atoms with Gasteiger partial charge >= 0.3 is 0 Å². The molecule has 4 heteroatoms. The van der Waals surface area contributed by atoms with Gasteiger partial charge in [0.15, 0.2) is 0 Å². The fraction of sp³-hybridized carbons (Fsp3) is 0.545. The zero-order chi connectivity index (χ0) is 11.2. The zero-order valence-corrected chi connectivity index (χ0v) is 9.50. The third-order valence-electron chi connectivity index (χ3n) is 2.84. The Labute approximate surface area is 89.7 Å². The van der Waals surface area contributed by atoms with Crippen LogP contribution in [0.5, 0.6) is 0 Å². The third-order valence-corrected chi connectivity index (χ3v) is 2.84. The van der Waals surface area contributed by atoms with Gasteiger partial charge in [0.2, 0.25) is 0 Å². The van der Waals surface area contributed by atoms with Crippen molar-refractivity contribution in [2.75, 3.05) is 6.61 Å². The standard InChI is InChI=1S/C11H17N3O/c1-7(12)9-8(2)14-5-6-15-11(3,4)10(14)13-9/h1,5-6,12H2,2-4H3. The lowest BCUT2D eigenvalue weighted by Crippen LogP contribution is -2.33. The van der Waals surface area contributed by atoms with E-state index in [-0.39, 0.29) is 5.60 Å². The number of rotatable bonds is 1. The SMILES string of the molecule is C=C(N)c1nc2n(c1C)CCOC2(C)C. The topological polar surface area (TPSA) is 53.1 Å². The van der Waals surface area contributed by atoms with Gasteiger partial charge in [-0.2, -0.15) is 0 Å². The van der Waals surface area contributed by atoms with Crippen LogP contribution < -0.4 is 5.73 Å². The lowest BCUT2D eigenvalue weighted by atomic mass is 10.1. The van der Waals surface area contributed by atoms with Crippen LogP contribution in [0.2, 0.25) is 0 Å². The maximum absolute atomic E-state index is 5.70. The van der Waals surface area contributed by atoms with E-state index in [1.165, 1.54) is 0 Å². The van der Waals surface area contributed by atoms with Crippen molar-refractivity contribution in [2.45, 2.75) is 32.9 Å². The second-order valence-corrected chi connectivity index (χ2v) is 4.41. The molecule has 2 rings (SSSR count). The predicted octanol–water partition coefficient (Wildman–Crippen LogP) is 1.39. The van der Waals surface area contributed by atoms with Gasteiger partial charge in [0.1, 0.15) is 17.1 Å². The lowest BCUT2D eigenvalue weighted by molar-refractivity contribution is -0.0543. The summed E-state index contributed by atoms with van der Waals surface area (Å²) in [5.41, 5.74) is 7.76. The van der Waals surface area contributed by atoms with Crippen LogP contribution in [0, 0.1) is 6.92 Å². The highest BCUT2D eigenvalue weighted by Gasteiger charge is 2.32. The average Bonchev–Trinajstić information content (AvgIpc) is 2.45. The average molecular weight is 207 g/mol. The minimum absolute atomic E-state index is 0.337. The number of nitrogens with two attached hydrogens (primary N) is 1. The Morgan fingerprint density at radius 3 is 2.80 bits per heavy atom. The molecule has 4 nitrogen and oxygen atoms in total. The summed E-state index contributed by atoms with van der Waals surface area (Å²) in [6.07, 6.45) is 0. The summed E-state index contributed by atoms with van der Waals surface area (Å²) >= 11 is 0. The minimum atomic E-state index is -0.337. The predicted molar refractivity (Wildman–Crippen MR) is 59.2 cm³/mol. The van der Waals surface area contributed by atoms with Crippen LogP contribution in [0.1, 0.15) is 31.1 Å². The summed E-state index contributed by atoms with van der Waals surface area (Å²) in [6.45, 7) is 11.4. The van der Waals surface area contributed by atoms with Crippen molar-refractivity contribution in [1.82, 2.24) is 9.55 Å². The smallest absolute Gasteiger partial charge is 0.141 e. The second kappa shape index (κ2) is 3.10. The number of fused-ring (bicyclic) bond motifs is 1. The highest BCUT2D eigenvalue weighted by molar-refractivity contribution is 5.59. The zero-order valence-electron chi connectivity index (χ0n) is 9.50. The molecular weight excluding hydrogens is 190 g/mol. The van der Waals surface area contributed by atoms with Gasteiger partial charge in [-0.05, 0) is 20.8 Å². The van der Waals surface area contributed by atoms with Crippen molar-refractivity contribution < 1.29 is 4.74 Å². The van der Waals surface area contributed by atoms with E-state index >= 15 is 0 Å². The van der Waals surface area contributed by atoms with Crippen LogP contribution in [-0.4, -0.2) is 16.2 Å². The summed E-state index contributed by atoms with van der Waals surface area (Å²) in [7, 11) is 0. The van der Waals surface area contributed by atoms with Crippen molar-refractivity contribution in [3.8, 4) is 0 Å². The summed E-state index contributed by atoms with van der Waals surface area (Å²) in [5, 5.41) is 0. The quantitative estimate of drug-likeness (QED) is 0.757. The number of hydrogen-bond donors (Lipinski definition) is 1. The first kappa shape index (κ1) is 10.2. The molecule has 82 valence electrons. The van der Waals surface area contributed by atoms with Gasteiger partial charge in [-0.25, -0.2) is 4.98 Å². The van der Waals surface area contributed by atoms with Crippen molar-refractivity contribution >= 4 is 5.70 Å². The van der Waals surface area contributed by atoms with E-state index in [0.29, 0.717) is 12.3 Å². The number of imidazole rings is 1. The number of hydrogen-bond acceptors (Lipinski definition) is 3. The molecule has 0 fully saturated rings. The Kier molecular flexibility index (Phi) is 2.12. The van der Waals surface area contributed by atoms with Crippen molar-refractivity contribution in [3.63, 3.8) is 0 Å². The highest BCUT2D eigenvalue weighted by Crippen LogP contribution is 2.30. The molecule has 0 aromatic carbocycles. The van der Waals surface area contributed by atoms with Crippen LogP contribution in [0.25, 0.3) is 5.70 Å². The lowest BCUT2D eigenvalue weighted by Gasteiger charge is -2.30. The Bertz CT molecular complexity index is 418. The molecule has 1 aromatic rings. The van der Waals surface area contributed by atoms with Gasteiger partial charge in [-0.1, -0.05) is 6.58 Å². The molecule has 0 aliphatic carbocycles. The molecule has 0 radical (unpaired) electrons. The highest BCUT2D eigenvalue weighted by atomic mass is 16.5. The molecule has 0 saturated carbocycles. The van der Waals surface area contributed by atoms with Gasteiger partial charge in [-0.15, -0.1) is 0 Å². The number of nitrogens with zero attached hydrogens (tertiary/aromatic N) is 2. The summed E-state index contributed by atoms with van der Waals surface area (Å²) in [6, 6.07) is 0. The van der Waals surface area contributed by atoms with E-state index in [9.17, 15) is 0 Å². The maximum Gasteiger partial charge on any atom is 0.141 e. The first-order valence-corrected chi connectivity index (χ1v) is 5.10. The second-order valence-electron chi connectivity index (χ2n) is 4.41. The van der Waals surface area contributed by atoms with E-state index in [0.717, 1.165) is 23.8 Å². The van der Waals surface area contributed by atoms with Crippen LogP contribution in [0.4, 0.5) is 0 Å². The normalized spacial score (nSPS) is 18.6. The largest absolute Gasteiger partial charge is 0.397 e. The fourth-order valence-corrected chi connectivity index (χ4v) is 2.03. The molecule has 0 spiro atoms. The van der Waals surface area contributed by atoms with E-state index in [2.05, 4.69) is 16.1 Å². The minimum Gasteiger partial charge on any atom is -0.397 e. The first-order chi connectivity index (χ1) is 6.93.